The topological polar surface area (TPSA) is 30.0 Å². The molecule has 1 aliphatic carbocycles. The minimum atomic E-state index is -4.38. The Morgan fingerprint density at radius 1 is 1.29 bits per heavy atom. The molecular formula is C16H20F3NO. The first kappa shape index (κ1) is 16.0. The van der Waals surface area contributed by atoms with Crippen LogP contribution in [0.2, 0.25) is 0 Å². The molecule has 0 spiro atoms. The Bertz CT molecular complexity index is 565. The van der Waals surface area contributed by atoms with Gasteiger partial charge in [-0.3, -0.25) is 9.78 Å². The van der Waals surface area contributed by atoms with Crippen molar-refractivity contribution in [2.45, 2.75) is 52.1 Å². The van der Waals surface area contributed by atoms with E-state index in [0.29, 0.717) is 18.5 Å². The lowest BCUT2D eigenvalue weighted by Gasteiger charge is -2.44. The van der Waals surface area contributed by atoms with Gasteiger partial charge in [0, 0.05) is 28.6 Å². The van der Waals surface area contributed by atoms with Crippen LogP contribution in [0.3, 0.4) is 0 Å². The van der Waals surface area contributed by atoms with Gasteiger partial charge in [-0.15, -0.1) is 0 Å². The van der Waals surface area contributed by atoms with E-state index < -0.39 is 22.6 Å². The van der Waals surface area contributed by atoms with Gasteiger partial charge in [-0.05, 0) is 25.0 Å². The number of carbonyl (C=O) groups excluding carboxylic acids is 1. The van der Waals surface area contributed by atoms with Crippen LogP contribution in [-0.4, -0.2) is 10.8 Å². The lowest BCUT2D eigenvalue weighted by Crippen LogP contribution is -2.45. The van der Waals surface area contributed by atoms with E-state index in [2.05, 4.69) is 4.98 Å². The fraction of sp³-hybridized carbons (Fsp3) is 0.625. The molecule has 1 saturated carbocycles. The van der Waals surface area contributed by atoms with Crippen molar-refractivity contribution in [2.24, 2.45) is 11.3 Å². The largest absolute Gasteiger partial charge is 0.416 e. The summed E-state index contributed by atoms with van der Waals surface area (Å²) < 4.78 is 38.6. The minimum Gasteiger partial charge on any atom is -0.299 e. The molecule has 1 aliphatic rings. The molecule has 0 saturated heterocycles. The number of hydrogen-bond donors (Lipinski definition) is 0. The lowest BCUT2D eigenvalue weighted by atomic mass is 9.59. The summed E-state index contributed by atoms with van der Waals surface area (Å²) in [6.07, 6.45) is -2.13. The summed E-state index contributed by atoms with van der Waals surface area (Å²) in [5.74, 6) is 0.00189. The van der Waals surface area contributed by atoms with Crippen LogP contribution in [-0.2, 0) is 16.4 Å². The molecule has 116 valence electrons. The number of carbonyl (C=O) groups is 1. The van der Waals surface area contributed by atoms with Crippen LogP contribution in [0.4, 0.5) is 13.2 Å². The molecule has 1 heterocycles. The van der Waals surface area contributed by atoms with Gasteiger partial charge in [-0.2, -0.15) is 13.2 Å². The van der Waals surface area contributed by atoms with Crippen molar-refractivity contribution in [1.29, 1.82) is 0 Å². The Morgan fingerprint density at radius 2 is 1.90 bits per heavy atom. The highest BCUT2D eigenvalue weighted by Gasteiger charge is 2.47. The van der Waals surface area contributed by atoms with Crippen LogP contribution < -0.4 is 0 Å². The molecule has 1 fully saturated rings. The smallest absolute Gasteiger partial charge is 0.299 e. The zero-order valence-electron chi connectivity index (χ0n) is 12.7. The second kappa shape index (κ2) is 4.82. The first-order chi connectivity index (χ1) is 9.46. The van der Waals surface area contributed by atoms with Gasteiger partial charge in [-0.25, -0.2) is 0 Å². The highest BCUT2D eigenvalue weighted by Crippen LogP contribution is 2.47. The van der Waals surface area contributed by atoms with E-state index in [4.69, 9.17) is 0 Å². The third-order valence-electron chi connectivity index (χ3n) is 4.41. The number of ketones is 1. The third-order valence-corrected chi connectivity index (χ3v) is 4.41. The van der Waals surface area contributed by atoms with E-state index in [0.717, 1.165) is 12.1 Å². The summed E-state index contributed by atoms with van der Waals surface area (Å²) in [4.78, 5) is 16.4. The number of halogens is 3. The zero-order chi connectivity index (χ0) is 16.1. The maximum absolute atomic E-state index is 12.9. The summed E-state index contributed by atoms with van der Waals surface area (Å²) >= 11 is 0. The van der Waals surface area contributed by atoms with Crippen LogP contribution in [0.25, 0.3) is 0 Å². The maximum Gasteiger partial charge on any atom is 0.416 e. The number of rotatable bonds is 1. The fourth-order valence-corrected chi connectivity index (χ4v) is 3.70. The van der Waals surface area contributed by atoms with Gasteiger partial charge in [0.05, 0.1) is 5.56 Å². The van der Waals surface area contributed by atoms with Crippen molar-refractivity contribution in [2.75, 3.05) is 0 Å². The van der Waals surface area contributed by atoms with Crippen molar-refractivity contribution in [3.05, 3.63) is 29.6 Å². The van der Waals surface area contributed by atoms with Crippen molar-refractivity contribution in [1.82, 2.24) is 4.98 Å². The monoisotopic (exact) mass is 299 g/mol. The molecule has 0 amide bonds. The molecule has 0 aliphatic heterocycles. The molecule has 0 bridgehead atoms. The molecule has 2 nitrogen and oxygen atoms in total. The number of nitrogens with zero attached hydrogens (tertiary/aromatic N) is 1. The summed E-state index contributed by atoms with van der Waals surface area (Å²) in [6.45, 7) is 7.46. The quantitative estimate of drug-likeness (QED) is 0.770. The van der Waals surface area contributed by atoms with Crippen LogP contribution in [0, 0.1) is 11.3 Å². The van der Waals surface area contributed by atoms with E-state index in [9.17, 15) is 18.0 Å². The highest BCUT2D eigenvalue weighted by atomic mass is 19.4. The van der Waals surface area contributed by atoms with Crippen molar-refractivity contribution in [3.63, 3.8) is 0 Å². The molecule has 5 heteroatoms. The minimum absolute atomic E-state index is 0.171. The van der Waals surface area contributed by atoms with Crippen LogP contribution in [0.1, 0.15) is 51.8 Å². The fourth-order valence-electron chi connectivity index (χ4n) is 3.70. The molecule has 2 atom stereocenters. The maximum atomic E-state index is 12.9. The Morgan fingerprint density at radius 3 is 2.43 bits per heavy atom. The Balaban J connectivity index is 2.43. The summed E-state index contributed by atoms with van der Waals surface area (Å²) in [6, 6.07) is 2.11. The van der Waals surface area contributed by atoms with Crippen molar-refractivity contribution in [3.8, 4) is 0 Å². The Labute approximate surface area is 122 Å². The van der Waals surface area contributed by atoms with Gasteiger partial charge in [0.1, 0.15) is 5.78 Å². The van der Waals surface area contributed by atoms with E-state index >= 15 is 0 Å². The molecule has 0 aromatic carbocycles. The van der Waals surface area contributed by atoms with E-state index in [-0.39, 0.29) is 11.7 Å². The van der Waals surface area contributed by atoms with Gasteiger partial charge in [0.2, 0.25) is 0 Å². The third kappa shape index (κ3) is 2.97. The predicted octanol–water partition coefficient (Wildman–Crippen LogP) is 4.38. The standard InChI is InChI=1S/C16H20F3NO/c1-10-8-15(4,9-14(2,3)13(10)21)12-7-11(5-6-20-12)16(17,18)19/h5-7,10H,8-9H2,1-4H3. The van der Waals surface area contributed by atoms with Crippen LogP contribution in [0.5, 0.6) is 0 Å². The molecule has 0 N–H and O–H groups in total. The van der Waals surface area contributed by atoms with Crippen LogP contribution in [0.15, 0.2) is 18.3 Å². The number of Topliss-reactive ketones (excluding diaryl/α,β-unsaturated/α-hetero) is 1. The molecule has 1 aromatic rings. The van der Waals surface area contributed by atoms with E-state index in [1.807, 2.05) is 27.7 Å². The summed E-state index contributed by atoms with van der Waals surface area (Å²) in [7, 11) is 0. The first-order valence-corrected chi connectivity index (χ1v) is 7.04. The van der Waals surface area contributed by atoms with E-state index in [1.165, 1.54) is 6.20 Å². The highest BCUT2D eigenvalue weighted by molar-refractivity contribution is 5.87. The second-order valence-electron chi connectivity index (χ2n) is 7.02. The van der Waals surface area contributed by atoms with Crippen molar-refractivity contribution >= 4 is 5.78 Å². The molecule has 21 heavy (non-hydrogen) atoms. The van der Waals surface area contributed by atoms with Gasteiger partial charge in [0.25, 0.3) is 0 Å². The first-order valence-electron chi connectivity index (χ1n) is 7.04. The van der Waals surface area contributed by atoms with Gasteiger partial charge >= 0.3 is 6.18 Å². The van der Waals surface area contributed by atoms with Gasteiger partial charge in [-0.1, -0.05) is 27.7 Å². The van der Waals surface area contributed by atoms with Crippen LogP contribution >= 0.6 is 0 Å². The molecule has 1 aromatic heterocycles. The van der Waals surface area contributed by atoms with E-state index in [1.54, 1.807) is 0 Å². The average Bonchev–Trinajstić information content (AvgIpc) is 2.34. The Hall–Kier alpha value is -1.39. The summed E-state index contributed by atoms with van der Waals surface area (Å²) in [5.41, 5.74) is -1.32. The predicted molar refractivity (Wildman–Crippen MR) is 73.8 cm³/mol. The molecule has 2 unspecified atom stereocenters. The molecule has 2 rings (SSSR count). The van der Waals surface area contributed by atoms with Crippen molar-refractivity contribution < 1.29 is 18.0 Å². The average molecular weight is 299 g/mol. The number of aromatic nitrogens is 1. The van der Waals surface area contributed by atoms with Gasteiger partial charge in [0.15, 0.2) is 0 Å². The second-order valence-corrected chi connectivity index (χ2v) is 7.02. The molecular weight excluding hydrogens is 279 g/mol. The Kier molecular flexibility index (Phi) is 3.67. The summed E-state index contributed by atoms with van der Waals surface area (Å²) in [5, 5.41) is 0. The molecule has 0 radical (unpaired) electrons. The normalized spacial score (nSPS) is 29.5. The lowest BCUT2D eigenvalue weighted by molar-refractivity contribution is -0.138. The number of alkyl halides is 3. The van der Waals surface area contributed by atoms with Gasteiger partial charge < -0.3 is 0 Å². The number of pyridine rings is 1. The zero-order valence-corrected chi connectivity index (χ0v) is 12.7. The number of hydrogen-bond acceptors (Lipinski definition) is 2. The SMILES string of the molecule is CC1CC(C)(c2cc(C(F)(F)F)ccn2)CC(C)(C)C1=O.